The first-order valence-electron chi connectivity index (χ1n) is 4.72. The van der Waals surface area contributed by atoms with Crippen molar-refractivity contribution in [3.63, 3.8) is 0 Å². The molecule has 0 fully saturated rings. The molecule has 0 radical (unpaired) electrons. The van der Waals surface area contributed by atoms with Gasteiger partial charge in [0.2, 0.25) is 5.28 Å². The first-order valence-corrected chi connectivity index (χ1v) is 5.10. The highest BCUT2D eigenvalue weighted by atomic mass is 35.5. The Bertz CT molecular complexity index is 462. The third-order valence-corrected chi connectivity index (χ3v) is 2.59. The van der Waals surface area contributed by atoms with Gasteiger partial charge in [0.05, 0.1) is 11.9 Å². The molecule has 1 aromatic carbocycles. The van der Waals surface area contributed by atoms with Gasteiger partial charge in [-0.2, -0.15) is 0 Å². The third kappa shape index (κ3) is 1.83. The van der Waals surface area contributed by atoms with Crippen molar-refractivity contribution in [2.45, 2.75) is 13.5 Å². The minimum absolute atomic E-state index is 0.257. The van der Waals surface area contributed by atoms with Crippen LogP contribution in [0.15, 0.2) is 30.5 Å². The van der Waals surface area contributed by atoms with Gasteiger partial charge in [-0.25, -0.2) is 4.98 Å². The summed E-state index contributed by atoms with van der Waals surface area (Å²) in [5, 5.41) is 9.67. The van der Waals surface area contributed by atoms with E-state index in [4.69, 9.17) is 11.6 Å². The van der Waals surface area contributed by atoms with Crippen molar-refractivity contribution in [2.24, 2.45) is 0 Å². The molecule has 0 spiro atoms. The van der Waals surface area contributed by atoms with Gasteiger partial charge in [0, 0.05) is 12.1 Å². The van der Waals surface area contributed by atoms with Crippen LogP contribution in [0.25, 0.3) is 11.3 Å². The van der Waals surface area contributed by atoms with E-state index in [0.717, 1.165) is 17.8 Å². The van der Waals surface area contributed by atoms with E-state index in [1.165, 1.54) is 0 Å². The van der Waals surface area contributed by atoms with Crippen molar-refractivity contribution >= 4 is 11.6 Å². The highest BCUT2D eigenvalue weighted by Crippen LogP contribution is 2.24. The van der Waals surface area contributed by atoms with Gasteiger partial charge in [0.15, 0.2) is 0 Å². The van der Waals surface area contributed by atoms with Crippen LogP contribution in [0, 0.1) is 0 Å². The Morgan fingerprint density at radius 3 is 2.60 bits per heavy atom. The van der Waals surface area contributed by atoms with Gasteiger partial charge < -0.3 is 9.67 Å². The van der Waals surface area contributed by atoms with E-state index >= 15 is 0 Å². The number of benzene rings is 1. The van der Waals surface area contributed by atoms with Gasteiger partial charge in [0.1, 0.15) is 5.75 Å². The average Bonchev–Trinajstić information content (AvgIpc) is 2.61. The molecule has 1 heterocycles. The number of nitrogens with zero attached hydrogens (tertiary/aromatic N) is 2. The second-order valence-corrected chi connectivity index (χ2v) is 3.54. The Morgan fingerprint density at radius 1 is 1.33 bits per heavy atom. The summed E-state index contributed by atoms with van der Waals surface area (Å²) in [5.41, 5.74) is 1.96. The summed E-state index contributed by atoms with van der Waals surface area (Å²) >= 11 is 5.93. The quantitative estimate of drug-likeness (QED) is 0.849. The molecule has 78 valence electrons. The molecule has 2 rings (SSSR count). The SMILES string of the molecule is CCn1c(-c2ccc(O)cc2)cnc1Cl. The summed E-state index contributed by atoms with van der Waals surface area (Å²) < 4.78 is 1.91. The van der Waals surface area contributed by atoms with Crippen molar-refractivity contribution in [1.29, 1.82) is 0 Å². The van der Waals surface area contributed by atoms with Gasteiger partial charge in [-0.15, -0.1) is 0 Å². The first kappa shape index (κ1) is 10.1. The van der Waals surface area contributed by atoms with Crippen LogP contribution in [0.5, 0.6) is 5.75 Å². The smallest absolute Gasteiger partial charge is 0.203 e. The lowest BCUT2D eigenvalue weighted by Gasteiger charge is -2.06. The summed E-state index contributed by atoms with van der Waals surface area (Å²) in [5.74, 6) is 0.257. The standard InChI is InChI=1S/C11H11ClN2O/c1-2-14-10(7-13-11(14)12)8-3-5-9(15)6-4-8/h3-7,15H,2H2,1H3. The second-order valence-electron chi connectivity index (χ2n) is 3.20. The Kier molecular flexibility index (Phi) is 2.64. The number of phenolic OH excluding ortho intramolecular Hbond substituents is 1. The molecule has 2 aromatic rings. The number of imidazole rings is 1. The topological polar surface area (TPSA) is 38.0 Å². The summed E-state index contributed by atoms with van der Waals surface area (Å²) in [6, 6.07) is 6.98. The minimum atomic E-state index is 0.257. The molecule has 0 amide bonds. The Balaban J connectivity index is 2.49. The molecule has 0 aliphatic rings. The van der Waals surface area contributed by atoms with Crippen molar-refractivity contribution in [2.75, 3.05) is 0 Å². The van der Waals surface area contributed by atoms with Crippen LogP contribution in [0.4, 0.5) is 0 Å². The number of hydrogen-bond acceptors (Lipinski definition) is 2. The monoisotopic (exact) mass is 222 g/mol. The first-order chi connectivity index (χ1) is 7.22. The number of hydrogen-bond donors (Lipinski definition) is 1. The van der Waals surface area contributed by atoms with E-state index in [9.17, 15) is 5.11 Å². The number of aromatic hydroxyl groups is 1. The minimum Gasteiger partial charge on any atom is -0.508 e. The van der Waals surface area contributed by atoms with E-state index in [-0.39, 0.29) is 5.75 Å². The zero-order valence-electron chi connectivity index (χ0n) is 8.31. The fraction of sp³-hybridized carbons (Fsp3) is 0.182. The normalized spacial score (nSPS) is 10.5. The Labute approximate surface area is 93.0 Å². The van der Waals surface area contributed by atoms with Crippen molar-refractivity contribution in [3.05, 3.63) is 35.7 Å². The summed E-state index contributed by atoms with van der Waals surface area (Å²) in [7, 11) is 0. The summed E-state index contributed by atoms with van der Waals surface area (Å²) in [6.07, 6.45) is 1.73. The van der Waals surface area contributed by atoms with Crippen molar-refractivity contribution in [1.82, 2.24) is 9.55 Å². The largest absolute Gasteiger partial charge is 0.508 e. The number of rotatable bonds is 2. The molecule has 0 saturated carbocycles. The van der Waals surface area contributed by atoms with E-state index < -0.39 is 0 Å². The molecule has 0 unspecified atom stereocenters. The summed E-state index contributed by atoms with van der Waals surface area (Å²) in [4.78, 5) is 4.05. The Hall–Kier alpha value is -1.48. The molecule has 0 atom stereocenters. The van der Waals surface area contributed by atoms with Gasteiger partial charge in [0.25, 0.3) is 0 Å². The maximum Gasteiger partial charge on any atom is 0.203 e. The predicted octanol–water partition coefficient (Wildman–Crippen LogP) is 2.93. The van der Waals surface area contributed by atoms with Crippen LogP contribution in [0.1, 0.15) is 6.92 Å². The third-order valence-electron chi connectivity index (χ3n) is 2.29. The van der Waals surface area contributed by atoms with Gasteiger partial charge >= 0.3 is 0 Å². The van der Waals surface area contributed by atoms with Crippen LogP contribution in [0.3, 0.4) is 0 Å². The van der Waals surface area contributed by atoms with Gasteiger partial charge in [-0.3, -0.25) is 0 Å². The van der Waals surface area contributed by atoms with E-state index in [1.54, 1.807) is 18.3 Å². The highest BCUT2D eigenvalue weighted by molar-refractivity contribution is 6.28. The molecule has 4 heteroatoms. The average molecular weight is 223 g/mol. The lowest BCUT2D eigenvalue weighted by Crippen LogP contribution is -1.96. The lowest BCUT2D eigenvalue weighted by molar-refractivity contribution is 0.475. The van der Waals surface area contributed by atoms with Gasteiger partial charge in [-0.05, 0) is 42.8 Å². The van der Waals surface area contributed by atoms with Crippen LogP contribution in [-0.4, -0.2) is 14.7 Å². The lowest BCUT2D eigenvalue weighted by atomic mass is 10.1. The molecule has 3 nitrogen and oxygen atoms in total. The predicted molar refractivity (Wildman–Crippen MR) is 60.0 cm³/mol. The van der Waals surface area contributed by atoms with E-state index in [1.807, 2.05) is 23.6 Å². The molecular formula is C11H11ClN2O. The second kappa shape index (κ2) is 3.95. The molecule has 0 aliphatic heterocycles. The van der Waals surface area contributed by atoms with E-state index in [0.29, 0.717) is 5.28 Å². The van der Waals surface area contributed by atoms with Crippen LogP contribution in [-0.2, 0) is 6.54 Å². The maximum atomic E-state index is 9.19. The van der Waals surface area contributed by atoms with Crippen LogP contribution >= 0.6 is 11.6 Å². The molecule has 0 saturated heterocycles. The molecular weight excluding hydrogens is 212 g/mol. The highest BCUT2D eigenvalue weighted by Gasteiger charge is 2.07. The zero-order chi connectivity index (χ0) is 10.8. The fourth-order valence-corrected chi connectivity index (χ4v) is 1.78. The molecule has 15 heavy (non-hydrogen) atoms. The maximum absolute atomic E-state index is 9.19. The molecule has 0 aliphatic carbocycles. The zero-order valence-corrected chi connectivity index (χ0v) is 9.07. The molecule has 1 N–H and O–H groups in total. The van der Waals surface area contributed by atoms with Gasteiger partial charge in [-0.1, -0.05) is 0 Å². The molecule has 1 aromatic heterocycles. The number of halogens is 1. The molecule has 0 bridgehead atoms. The van der Waals surface area contributed by atoms with Crippen LogP contribution < -0.4 is 0 Å². The van der Waals surface area contributed by atoms with E-state index in [2.05, 4.69) is 4.98 Å². The Morgan fingerprint density at radius 2 is 2.00 bits per heavy atom. The number of phenols is 1. The number of aromatic nitrogens is 2. The summed E-state index contributed by atoms with van der Waals surface area (Å²) in [6.45, 7) is 2.78. The van der Waals surface area contributed by atoms with Crippen molar-refractivity contribution in [3.8, 4) is 17.0 Å². The van der Waals surface area contributed by atoms with Crippen molar-refractivity contribution < 1.29 is 5.11 Å². The fourth-order valence-electron chi connectivity index (χ4n) is 1.52. The van der Waals surface area contributed by atoms with Crippen LogP contribution in [0.2, 0.25) is 5.28 Å².